The van der Waals surface area contributed by atoms with E-state index in [4.69, 9.17) is 0 Å². The second-order valence-electron chi connectivity index (χ2n) is 5.99. The number of amides is 3. The van der Waals surface area contributed by atoms with Gasteiger partial charge in [0, 0.05) is 25.3 Å². The summed E-state index contributed by atoms with van der Waals surface area (Å²) >= 11 is 0. The van der Waals surface area contributed by atoms with E-state index in [0.717, 1.165) is 24.2 Å². The van der Waals surface area contributed by atoms with E-state index in [0.29, 0.717) is 19.0 Å². The minimum atomic E-state index is -0.190. The zero-order chi connectivity index (χ0) is 16.7. The number of likely N-dealkylation sites (tertiary alicyclic amines) is 1. The Balaban J connectivity index is 1.71. The lowest BCUT2D eigenvalue weighted by atomic mass is 10.1. The van der Waals surface area contributed by atoms with Crippen molar-refractivity contribution in [2.75, 3.05) is 32.5 Å². The monoisotopic (exact) mass is 318 g/mol. The molecule has 3 N–H and O–H groups in total. The molecule has 0 aromatic heterocycles. The first kappa shape index (κ1) is 17.3. The third-order valence-electron chi connectivity index (χ3n) is 4.29. The van der Waals surface area contributed by atoms with Crippen LogP contribution >= 0.6 is 0 Å². The van der Waals surface area contributed by atoms with Crippen LogP contribution in [0.2, 0.25) is 0 Å². The number of nitrogens with zero attached hydrogens (tertiary/aromatic N) is 1. The molecule has 6 nitrogen and oxygen atoms in total. The highest BCUT2D eigenvalue weighted by Gasteiger charge is 2.20. The molecule has 1 aliphatic rings. The molecule has 3 amide bonds. The average Bonchev–Trinajstić information content (AvgIpc) is 2.94. The van der Waals surface area contributed by atoms with Crippen LogP contribution in [0.5, 0.6) is 0 Å². The van der Waals surface area contributed by atoms with E-state index < -0.39 is 0 Å². The fraction of sp³-hybridized carbons (Fsp3) is 0.529. The van der Waals surface area contributed by atoms with Crippen LogP contribution in [0.3, 0.4) is 0 Å². The third-order valence-corrected chi connectivity index (χ3v) is 4.29. The lowest BCUT2D eigenvalue weighted by Gasteiger charge is -2.19. The molecule has 1 fully saturated rings. The van der Waals surface area contributed by atoms with Gasteiger partial charge in [0.25, 0.3) is 0 Å². The summed E-state index contributed by atoms with van der Waals surface area (Å²) in [7, 11) is 3.75. The van der Waals surface area contributed by atoms with Gasteiger partial charge in [-0.1, -0.05) is 12.1 Å². The molecule has 1 aromatic rings. The number of nitrogens with one attached hydrogen (secondary N) is 3. The molecule has 0 spiro atoms. The van der Waals surface area contributed by atoms with Gasteiger partial charge in [-0.2, -0.15) is 0 Å². The van der Waals surface area contributed by atoms with Gasteiger partial charge in [-0.15, -0.1) is 0 Å². The summed E-state index contributed by atoms with van der Waals surface area (Å²) < 4.78 is 0. The summed E-state index contributed by atoms with van der Waals surface area (Å²) in [6, 6.07) is 7.70. The molecule has 0 aliphatic carbocycles. The SMILES string of the molecule is CNC(=O)Cc1ccc(NC(=O)NCC[C@H]2CCCN2C)cc1. The quantitative estimate of drug-likeness (QED) is 0.745. The van der Waals surface area contributed by atoms with Gasteiger partial charge < -0.3 is 20.9 Å². The van der Waals surface area contributed by atoms with Crippen molar-refractivity contribution in [3.8, 4) is 0 Å². The summed E-state index contributed by atoms with van der Waals surface area (Å²) in [5.41, 5.74) is 1.64. The summed E-state index contributed by atoms with van der Waals surface area (Å²) in [6.45, 7) is 1.83. The molecule has 0 radical (unpaired) electrons. The van der Waals surface area contributed by atoms with Crippen LogP contribution in [-0.2, 0) is 11.2 Å². The molecule has 23 heavy (non-hydrogen) atoms. The second-order valence-corrected chi connectivity index (χ2v) is 5.99. The molecule has 2 rings (SSSR count). The molecule has 1 aliphatic heterocycles. The number of hydrogen-bond acceptors (Lipinski definition) is 3. The predicted molar refractivity (Wildman–Crippen MR) is 91.5 cm³/mol. The normalized spacial score (nSPS) is 17.7. The van der Waals surface area contributed by atoms with Crippen LogP contribution in [0.4, 0.5) is 10.5 Å². The molecule has 0 saturated carbocycles. The number of rotatable bonds is 6. The Morgan fingerprint density at radius 1 is 1.26 bits per heavy atom. The van der Waals surface area contributed by atoms with Crippen molar-refractivity contribution < 1.29 is 9.59 Å². The fourth-order valence-electron chi connectivity index (χ4n) is 2.85. The summed E-state index contributed by atoms with van der Waals surface area (Å²) in [6.07, 6.45) is 3.79. The van der Waals surface area contributed by atoms with Gasteiger partial charge in [0.15, 0.2) is 0 Å². The van der Waals surface area contributed by atoms with E-state index in [1.54, 1.807) is 7.05 Å². The van der Waals surface area contributed by atoms with E-state index in [1.165, 1.54) is 12.8 Å². The number of anilines is 1. The maximum atomic E-state index is 11.9. The molecule has 6 heteroatoms. The molecular weight excluding hydrogens is 292 g/mol. The Morgan fingerprint density at radius 3 is 2.61 bits per heavy atom. The second kappa shape index (κ2) is 8.53. The minimum absolute atomic E-state index is 0.0275. The maximum absolute atomic E-state index is 11.9. The van der Waals surface area contributed by atoms with Crippen molar-refractivity contribution >= 4 is 17.6 Å². The molecule has 1 aromatic carbocycles. The van der Waals surface area contributed by atoms with Crippen molar-refractivity contribution in [1.82, 2.24) is 15.5 Å². The van der Waals surface area contributed by atoms with Gasteiger partial charge in [0.05, 0.1) is 6.42 Å². The largest absolute Gasteiger partial charge is 0.359 e. The Kier molecular flexibility index (Phi) is 6.40. The van der Waals surface area contributed by atoms with Gasteiger partial charge in [-0.05, 0) is 50.6 Å². The van der Waals surface area contributed by atoms with E-state index >= 15 is 0 Å². The summed E-state index contributed by atoms with van der Waals surface area (Å²) in [5.74, 6) is -0.0275. The number of hydrogen-bond donors (Lipinski definition) is 3. The van der Waals surface area contributed by atoms with Crippen molar-refractivity contribution in [1.29, 1.82) is 0 Å². The first-order valence-corrected chi connectivity index (χ1v) is 8.13. The fourth-order valence-corrected chi connectivity index (χ4v) is 2.85. The van der Waals surface area contributed by atoms with Crippen LogP contribution in [-0.4, -0.2) is 50.1 Å². The van der Waals surface area contributed by atoms with Gasteiger partial charge in [0.1, 0.15) is 0 Å². The van der Waals surface area contributed by atoms with Crippen molar-refractivity contribution in [3.63, 3.8) is 0 Å². The first-order valence-electron chi connectivity index (χ1n) is 8.13. The van der Waals surface area contributed by atoms with E-state index in [2.05, 4.69) is 27.9 Å². The Hall–Kier alpha value is -2.08. The van der Waals surface area contributed by atoms with E-state index in [1.807, 2.05) is 24.3 Å². The summed E-state index contributed by atoms with van der Waals surface area (Å²) in [5, 5.41) is 8.29. The lowest BCUT2D eigenvalue weighted by molar-refractivity contribution is -0.119. The zero-order valence-electron chi connectivity index (χ0n) is 13.9. The number of benzene rings is 1. The van der Waals surface area contributed by atoms with Gasteiger partial charge in [0.2, 0.25) is 5.91 Å². The van der Waals surface area contributed by atoms with Crippen molar-refractivity contribution in [2.24, 2.45) is 0 Å². The van der Waals surface area contributed by atoms with Crippen LogP contribution in [0, 0.1) is 0 Å². The topological polar surface area (TPSA) is 73.5 Å². The summed E-state index contributed by atoms with van der Waals surface area (Å²) in [4.78, 5) is 25.5. The van der Waals surface area contributed by atoms with Gasteiger partial charge in [-0.25, -0.2) is 4.79 Å². The Bertz CT molecular complexity index is 530. The highest BCUT2D eigenvalue weighted by molar-refractivity contribution is 5.89. The van der Waals surface area contributed by atoms with Crippen LogP contribution in [0.1, 0.15) is 24.8 Å². The first-order chi connectivity index (χ1) is 11.1. The number of carbonyl (C=O) groups is 2. The average molecular weight is 318 g/mol. The lowest BCUT2D eigenvalue weighted by Crippen LogP contribution is -2.34. The van der Waals surface area contributed by atoms with Crippen molar-refractivity contribution in [2.45, 2.75) is 31.7 Å². The van der Waals surface area contributed by atoms with Crippen LogP contribution < -0.4 is 16.0 Å². The van der Waals surface area contributed by atoms with Crippen LogP contribution in [0.15, 0.2) is 24.3 Å². The zero-order valence-corrected chi connectivity index (χ0v) is 13.9. The molecular formula is C17H26N4O2. The molecule has 1 atom stereocenters. The van der Waals surface area contributed by atoms with E-state index in [9.17, 15) is 9.59 Å². The predicted octanol–water partition coefficient (Wildman–Crippen LogP) is 1.58. The Labute approximate surface area is 137 Å². The highest BCUT2D eigenvalue weighted by atomic mass is 16.2. The smallest absolute Gasteiger partial charge is 0.319 e. The number of likely N-dealkylation sites (N-methyl/N-ethyl adjacent to an activating group) is 1. The van der Waals surface area contributed by atoms with Crippen LogP contribution in [0.25, 0.3) is 0 Å². The standard InChI is InChI=1S/C17H26N4O2/c1-18-16(22)12-13-5-7-14(8-6-13)20-17(23)19-10-9-15-4-3-11-21(15)2/h5-8,15H,3-4,9-12H2,1-2H3,(H,18,22)(H2,19,20,23)/t15-/m1/s1. The minimum Gasteiger partial charge on any atom is -0.359 e. The molecule has 126 valence electrons. The highest BCUT2D eigenvalue weighted by Crippen LogP contribution is 2.17. The van der Waals surface area contributed by atoms with Crippen molar-refractivity contribution in [3.05, 3.63) is 29.8 Å². The molecule has 0 bridgehead atoms. The third kappa shape index (κ3) is 5.56. The van der Waals surface area contributed by atoms with Gasteiger partial charge >= 0.3 is 6.03 Å². The molecule has 1 heterocycles. The Morgan fingerprint density at radius 2 is 2.00 bits per heavy atom. The number of urea groups is 1. The van der Waals surface area contributed by atoms with E-state index in [-0.39, 0.29) is 11.9 Å². The molecule has 1 saturated heterocycles. The maximum Gasteiger partial charge on any atom is 0.319 e. The van der Waals surface area contributed by atoms with Gasteiger partial charge in [-0.3, -0.25) is 4.79 Å². The number of carbonyl (C=O) groups excluding carboxylic acids is 2. The molecule has 0 unspecified atom stereocenters.